The molecule has 0 aliphatic carbocycles. The van der Waals surface area contributed by atoms with Crippen molar-refractivity contribution in [3.8, 4) is 0 Å². The Balaban J connectivity index is 2.07. The summed E-state index contributed by atoms with van der Waals surface area (Å²) < 4.78 is 38.1. The minimum absolute atomic E-state index is 0.0172. The van der Waals surface area contributed by atoms with Gasteiger partial charge in [-0.2, -0.15) is 0 Å². The summed E-state index contributed by atoms with van der Waals surface area (Å²) in [6, 6.07) is 1.51. The molecule has 1 aliphatic rings. The molecule has 0 saturated carbocycles. The van der Waals surface area contributed by atoms with Crippen LogP contribution in [0.25, 0.3) is 0 Å². The third-order valence-electron chi connectivity index (χ3n) is 3.73. The first-order valence-corrected chi connectivity index (χ1v) is 7.97. The molecule has 7 heteroatoms. The van der Waals surface area contributed by atoms with Crippen LogP contribution >= 0.6 is 0 Å². The summed E-state index contributed by atoms with van der Waals surface area (Å²) in [5.74, 6) is -3.72. The second kappa shape index (κ2) is 8.19. The minimum atomic E-state index is -1.04. The van der Waals surface area contributed by atoms with E-state index in [2.05, 4.69) is 5.32 Å². The van der Waals surface area contributed by atoms with Crippen molar-refractivity contribution >= 4 is 17.6 Å². The SMILES string of the molecule is CC(C)C(=O)Nc1cc(C(=O)OCC2CCCCO2)c(F)cc1F. The van der Waals surface area contributed by atoms with Crippen molar-refractivity contribution in [2.45, 2.75) is 39.2 Å². The minimum Gasteiger partial charge on any atom is -0.459 e. The zero-order valence-corrected chi connectivity index (χ0v) is 13.7. The molecule has 0 radical (unpaired) electrons. The lowest BCUT2D eigenvalue weighted by Crippen LogP contribution is -2.26. The van der Waals surface area contributed by atoms with Gasteiger partial charge in [0, 0.05) is 18.6 Å². The molecule has 1 atom stereocenters. The molecule has 1 aliphatic heterocycles. The van der Waals surface area contributed by atoms with Crippen LogP contribution in [0.3, 0.4) is 0 Å². The van der Waals surface area contributed by atoms with E-state index in [4.69, 9.17) is 9.47 Å². The zero-order chi connectivity index (χ0) is 17.7. The van der Waals surface area contributed by atoms with Gasteiger partial charge in [0.15, 0.2) is 0 Å². The van der Waals surface area contributed by atoms with Gasteiger partial charge < -0.3 is 14.8 Å². The van der Waals surface area contributed by atoms with Crippen LogP contribution < -0.4 is 5.32 Å². The fraction of sp³-hybridized carbons (Fsp3) is 0.529. The number of hydrogen-bond acceptors (Lipinski definition) is 4. The summed E-state index contributed by atoms with van der Waals surface area (Å²) in [5.41, 5.74) is -0.678. The molecule has 1 unspecified atom stereocenters. The van der Waals surface area contributed by atoms with Crippen molar-refractivity contribution in [2.24, 2.45) is 5.92 Å². The highest BCUT2D eigenvalue weighted by molar-refractivity contribution is 5.95. The first-order valence-electron chi connectivity index (χ1n) is 7.97. The predicted molar refractivity (Wildman–Crippen MR) is 83.7 cm³/mol. The molecule has 1 N–H and O–H groups in total. The molecule has 0 aromatic heterocycles. The standard InChI is InChI=1S/C17H21F2NO4/c1-10(2)16(21)20-15-7-12(13(18)8-14(15)19)17(22)24-9-11-5-3-4-6-23-11/h7-8,10-11H,3-6,9H2,1-2H3,(H,20,21). The van der Waals surface area contributed by atoms with E-state index in [0.29, 0.717) is 12.7 Å². The van der Waals surface area contributed by atoms with Crippen LogP contribution in [-0.2, 0) is 14.3 Å². The van der Waals surface area contributed by atoms with Gasteiger partial charge in [-0.1, -0.05) is 13.8 Å². The Morgan fingerprint density at radius 1 is 1.29 bits per heavy atom. The maximum Gasteiger partial charge on any atom is 0.341 e. The Morgan fingerprint density at radius 2 is 2.04 bits per heavy atom. The first-order chi connectivity index (χ1) is 11.4. The van der Waals surface area contributed by atoms with Gasteiger partial charge in [-0.25, -0.2) is 13.6 Å². The molecule has 2 rings (SSSR count). The molecular weight excluding hydrogens is 320 g/mol. The molecule has 1 aromatic rings. The highest BCUT2D eigenvalue weighted by atomic mass is 19.1. The Kier molecular flexibility index (Phi) is 6.25. The number of anilines is 1. The van der Waals surface area contributed by atoms with Crippen LogP contribution in [-0.4, -0.2) is 31.2 Å². The average molecular weight is 341 g/mol. The molecule has 1 saturated heterocycles. The molecular formula is C17H21F2NO4. The third kappa shape index (κ3) is 4.74. The van der Waals surface area contributed by atoms with Crippen LogP contribution in [0.2, 0.25) is 0 Å². The van der Waals surface area contributed by atoms with Gasteiger partial charge >= 0.3 is 5.97 Å². The van der Waals surface area contributed by atoms with Crippen LogP contribution in [0.5, 0.6) is 0 Å². The van der Waals surface area contributed by atoms with Crippen molar-refractivity contribution in [3.05, 3.63) is 29.3 Å². The molecule has 24 heavy (non-hydrogen) atoms. The summed E-state index contributed by atoms with van der Waals surface area (Å²) in [6.07, 6.45) is 2.52. The first kappa shape index (κ1) is 18.3. The van der Waals surface area contributed by atoms with E-state index in [1.54, 1.807) is 13.8 Å². The highest BCUT2D eigenvalue weighted by Gasteiger charge is 2.21. The molecule has 5 nitrogen and oxygen atoms in total. The monoisotopic (exact) mass is 341 g/mol. The van der Waals surface area contributed by atoms with E-state index in [9.17, 15) is 18.4 Å². The van der Waals surface area contributed by atoms with Crippen molar-refractivity contribution in [1.29, 1.82) is 0 Å². The molecule has 1 aromatic carbocycles. The quantitative estimate of drug-likeness (QED) is 0.835. The Bertz CT molecular complexity index is 613. The fourth-order valence-electron chi connectivity index (χ4n) is 2.26. The van der Waals surface area contributed by atoms with Crippen LogP contribution in [0.4, 0.5) is 14.5 Å². The van der Waals surface area contributed by atoms with Gasteiger partial charge in [0.2, 0.25) is 5.91 Å². The molecule has 0 bridgehead atoms. The maximum absolute atomic E-state index is 13.9. The van der Waals surface area contributed by atoms with Gasteiger partial charge in [0.25, 0.3) is 0 Å². The lowest BCUT2D eigenvalue weighted by atomic mass is 10.1. The number of carbonyl (C=O) groups is 2. The van der Waals surface area contributed by atoms with Crippen molar-refractivity contribution < 1.29 is 27.8 Å². The summed E-state index contributed by atoms with van der Waals surface area (Å²) in [7, 11) is 0. The van der Waals surface area contributed by atoms with E-state index in [0.717, 1.165) is 25.3 Å². The number of benzene rings is 1. The van der Waals surface area contributed by atoms with Crippen LogP contribution in [0, 0.1) is 17.6 Å². The number of halogens is 2. The predicted octanol–water partition coefficient (Wildman–Crippen LogP) is 3.29. The van der Waals surface area contributed by atoms with Gasteiger partial charge in [-0.05, 0) is 25.3 Å². The number of carbonyl (C=O) groups excluding carboxylic acids is 2. The van der Waals surface area contributed by atoms with Crippen molar-refractivity contribution in [3.63, 3.8) is 0 Å². The van der Waals surface area contributed by atoms with Crippen molar-refractivity contribution in [1.82, 2.24) is 0 Å². The summed E-state index contributed by atoms with van der Waals surface area (Å²) in [5, 5.41) is 2.32. The second-order valence-electron chi connectivity index (χ2n) is 6.04. The molecule has 1 amide bonds. The number of amides is 1. The van der Waals surface area contributed by atoms with Crippen molar-refractivity contribution in [2.75, 3.05) is 18.5 Å². The number of nitrogens with one attached hydrogen (secondary N) is 1. The molecule has 1 fully saturated rings. The number of esters is 1. The Hall–Kier alpha value is -2.02. The zero-order valence-electron chi connectivity index (χ0n) is 13.7. The average Bonchev–Trinajstić information content (AvgIpc) is 2.55. The van der Waals surface area contributed by atoms with E-state index in [-0.39, 0.29) is 24.3 Å². The normalized spacial score (nSPS) is 17.6. The molecule has 1 heterocycles. The van der Waals surface area contributed by atoms with Gasteiger partial charge in [0.05, 0.1) is 17.4 Å². The smallest absolute Gasteiger partial charge is 0.341 e. The van der Waals surface area contributed by atoms with E-state index >= 15 is 0 Å². The van der Waals surface area contributed by atoms with E-state index < -0.39 is 29.1 Å². The Labute approximate surface area is 139 Å². The van der Waals surface area contributed by atoms with Crippen LogP contribution in [0.1, 0.15) is 43.5 Å². The summed E-state index contributed by atoms with van der Waals surface area (Å²) in [4.78, 5) is 23.7. The lowest BCUT2D eigenvalue weighted by molar-refractivity contribution is -0.118. The number of rotatable bonds is 5. The van der Waals surface area contributed by atoms with Gasteiger partial charge in [0.1, 0.15) is 18.2 Å². The highest BCUT2D eigenvalue weighted by Crippen LogP contribution is 2.21. The Morgan fingerprint density at radius 3 is 2.67 bits per heavy atom. The third-order valence-corrected chi connectivity index (χ3v) is 3.73. The number of ether oxygens (including phenoxy) is 2. The maximum atomic E-state index is 13.9. The van der Waals surface area contributed by atoms with E-state index in [1.807, 2.05) is 0 Å². The number of hydrogen-bond donors (Lipinski definition) is 1. The van der Waals surface area contributed by atoms with Gasteiger partial charge in [-0.3, -0.25) is 4.79 Å². The van der Waals surface area contributed by atoms with Crippen LogP contribution in [0.15, 0.2) is 12.1 Å². The van der Waals surface area contributed by atoms with Gasteiger partial charge in [-0.15, -0.1) is 0 Å². The lowest BCUT2D eigenvalue weighted by Gasteiger charge is -2.22. The van der Waals surface area contributed by atoms with E-state index in [1.165, 1.54) is 0 Å². The topological polar surface area (TPSA) is 64.6 Å². The second-order valence-corrected chi connectivity index (χ2v) is 6.04. The molecule has 0 spiro atoms. The summed E-state index contributed by atoms with van der Waals surface area (Å²) in [6.45, 7) is 3.90. The molecule has 132 valence electrons. The largest absolute Gasteiger partial charge is 0.459 e. The fourth-order valence-corrected chi connectivity index (χ4v) is 2.26. The summed E-state index contributed by atoms with van der Waals surface area (Å²) >= 11 is 0.